The zero-order valence-corrected chi connectivity index (χ0v) is 9.43. The number of nitrogens with zero attached hydrogens (tertiary/aromatic N) is 2. The van der Waals surface area contributed by atoms with Crippen LogP contribution in [0, 0.1) is 10.1 Å². The minimum Gasteiger partial charge on any atom is -0.329 e. The second kappa shape index (κ2) is 6.19. The lowest BCUT2D eigenvalue weighted by Crippen LogP contribution is -2.27. The van der Waals surface area contributed by atoms with Crippen LogP contribution in [0.4, 0.5) is 5.69 Å². The van der Waals surface area contributed by atoms with Crippen molar-refractivity contribution in [3.63, 3.8) is 0 Å². The van der Waals surface area contributed by atoms with E-state index in [0.717, 1.165) is 25.1 Å². The van der Waals surface area contributed by atoms with Crippen LogP contribution in [0.3, 0.4) is 0 Å². The van der Waals surface area contributed by atoms with Gasteiger partial charge < -0.3 is 10.6 Å². The van der Waals surface area contributed by atoms with Gasteiger partial charge in [0.05, 0.1) is 4.92 Å². The molecule has 2 N–H and O–H groups in total. The molecule has 0 heterocycles. The lowest BCUT2D eigenvalue weighted by atomic mass is 10.1. The van der Waals surface area contributed by atoms with Crippen LogP contribution in [0.2, 0.25) is 0 Å². The lowest BCUT2D eigenvalue weighted by Gasteiger charge is -2.14. The molecule has 0 atom stereocenters. The van der Waals surface area contributed by atoms with E-state index in [1.165, 1.54) is 12.1 Å². The van der Waals surface area contributed by atoms with E-state index in [0.29, 0.717) is 6.54 Å². The topological polar surface area (TPSA) is 72.4 Å². The average molecular weight is 223 g/mol. The minimum absolute atomic E-state index is 0.138. The molecule has 0 saturated heterocycles. The molecule has 16 heavy (non-hydrogen) atoms. The van der Waals surface area contributed by atoms with E-state index >= 15 is 0 Å². The fraction of sp³-hybridized carbons (Fsp3) is 0.455. The second-order valence-electron chi connectivity index (χ2n) is 3.77. The molecule has 5 nitrogen and oxygen atoms in total. The summed E-state index contributed by atoms with van der Waals surface area (Å²) in [5, 5.41) is 10.4. The van der Waals surface area contributed by atoms with Crippen molar-refractivity contribution in [1.29, 1.82) is 0 Å². The van der Waals surface area contributed by atoms with Crippen molar-refractivity contribution in [1.82, 2.24) is 4.90 Å². The zero-order valence-electron chi connectivity index (χ0n) is 9.43. The van der Waals surface area contributed by atoms with Crippen LogP contribution in [0.15, 0.2) is 24.3 Å². The highest BCUT2D eigenvalue weighted by molar-refractivity contribution is 5.32. The normalized spacial score (nSPS) is 10.7. The molecule has 0 unspecified atom stereocenters. The summed E-state index contributed by atoms with van der Waals surface area (Å²) in [4.78, 5) is 12.2. The number of hydrogen-bond donors (Lipinski definition) is 1. The Bertz CT molecular complexity index is 338. The fourth-order valence-corrected chi connectivity index (χ4v) is 1.44. The van der Waals surface area contributed by atoms with Gasteiger partial charge >= 0.3 is 0 Å². The highest BCUT2D eigenvalue weighted by Crippen LogP contribution is 2.12. The lowest BCUT2D eigenvalue weighted by molar-refractivity contribution is -0.384. The van der Waals surface area contributed by atoms with Crippen molar-refractivity contribution >= 4 is 5.69 Å². The molecular weight excluding hydrogens is 206 g/mol. The first-order valence-electron chi connectivity index (χ1n) is 5.25. The molecule has 1 aromatic rings. The maximum absolute atomic E-state index is 10.4. The molecule has 0 spiro atoms. The highest BCUT2D eigenvalue weighted by Gasteiger charge is 2.04. The van der Waals surface area contributed by atoms with Crippen molar-refractivity contribution in [3.05, 3.63) is 39.9 Å². The van der Waals surface area contributed by atoms with Gasteiger partial charge in [-0.2, -0.15) is 0 Å². The van der Waals surface area contributed by atoms with E-state index in [-0.39, 0.29) is 10.6 Å². The summed E-state index contributed by atoms with van der Waals surface area (Å²) in [5.41, 5.74) is 6.68. The van der Waals surface area contributed by atoms with Crippen LogP contribution in [-0.2, 0) is 6.42 Å². The molecule has 0 bridgehead atoms. The van der Waals surface area contributed by atoms with Gasteiger partial charge in [-0.25, -0.2) is 0 Å². The molecule has 88 valence electrons. The largest absolute Gasteiger partial charge is 0.329 e. The van der Waals surface area contributed by atoms with Crippen LogP contribution < -0.4 is 5.73 Å². The number of rotatable bonds is 6. The summed E-state index contributed by atoms with van der Waals surface area (Å²) >= 11 is 0. The quantitative estimate of drug-likeness (QED) is 0.577. The van der Waals surface area contributed by atoms with Gasteiger partial charge in [-0.1, -0.05) is 12.1 Å². The molecule has 5 heteroatoms. The minimum atomic E-state index is -0.385. The van der Waals surface area contributed by atoms with Crippen molar-refractivity contribution in [2.24, 2.45) is 5.73 Å². The number of nitro benzene ring substituents is 1. The van der Waals surface area contributed by atoms with Crippen LogP contribution in [-0.4, -0.2) is 36.5 Å². The van der Waals surface area contributed by atoms with Gasteiger partial charge in [-0.05, 0) is 19.0 Å². The fourth-order valence-electron chi connectivity index (χ4n) is 1.44. The Morgan fingerprint density at radius 2 is 1.94 bits per heavy atom. The Morgan fingerprint density at radius 1 is 1.31 bits per heavy atom. The van der Waals surface area contributed by atoms with E-state index in [9.17, 15) is 10.1 Å². The summed E-state index contributed by atoms with van der Waals surface area (Å²) in [7, 11) is 2.01. The number of nitrogens with two attached hydrogens (primary N) is 1. The Kier molecular flexibility index (Phi) is 4.88. The Hall–Kier alpha value is -1.46. The van der Waals surface area contributed by atoms with Gasteiger partial charge in [0.25, 0.3) is 5.69 Å². The maximum Gasteiger partial charge on any atom is 0.269 e. The third-order valence-corrected chi connectivity index (χ3v) is 2.44. The van der Waals surface area contributed by atoms with E-state index < -0.39 is 0 Å². The maximum atomic E-state index is 10.4. The number of nitro groups is 1. The van der Waals surface area contributed by atoms with Crippen molar-refractivity contribution in [2.45, 2.75) is 6.42 Å². The summed E-state index contributed by atoms with van der Waals surface area (Å²) in [6.45, 7) is 2.43. The van der Waals surface area contributed by atoms with Gasteiger partial charge in [0.1, 0.15) is 0 Å². The first-order chi connectivity index (χ1) is 7.63. The van der Waals surface area contributed by atoms with Gasteiger partial charge in [0.2, 0.25) is 0 Å². The van der Waals surface area contributed by atoms with Gasteiger partial charge in [0, 0.05) is 31.8 Å². The average Bonchev–Trinajstić information content (AvgIpc) is 2.27. The third kappa shape index (κ3) is 3.96. The second-order valence-corrected chi connectivity index (χ2v) is 3.77. The molecule has 0 aromatic heterocycles. The molecule has 0 aliphatic rings. The molecule has 0 aliphatic heterocycles. The van der Waals surface area contributed by atoms with Crippen LogP contribution in [0.1, 0.15) is 5.56 Å². The molecule has 0 amide bonds. The zero-order chi connectivity index (χ0) is 12.0. The Labute approximate surface area is 95.0 Å². The predicted octanol–water partition coefficient (Wildman–Crippen LogP) is 1.03. The Morgan fingerprint density at radius 3 is 2.44 bits per heavy atom. The number of non-ortho nitro benzene ring substituents is 1. The predicted molar refractivity (Wildman–Crippen MR) is 63.4 cm³/mol. The highest BCUT2D eigenvalue weighted by atomic mass is 16.6. The molecule has 1 aromatic carbocycles. The van der Waals surface area contributed by atoms with E-state index in [1.807, 2.05) is 7.05 Å². The van der Waals surface area contributed by atoms with E-state index in [2.05, 4.69) is 4.90 Å². The van der Waals surface area contributed by atoms with Gasteiger partial charge in [-0.15, -0.1) is 0 Å². The van der Waals surface area contributed by atoms with Gasteiger partial charge in [0.15, 0.2) is 0 Å². The molecule has 0 radical (unpaired) electrons. The molecular formula is C11H17N3O2. The van der Waals surface area contributed by atoms with Crippen molar-refractivity contribution in [3.8, 4) is 0 Å². The van der Waals surface area contributed by atoms with E-state index in [1.54, 1.807) is 12.1 Å². The summed E-state index contributed by atoms with van der Waals surface area (Å²) in [6.07, 6.45) is 0.883. The monoisotopic (exact) mass is 223 g/mol. The summed E-state index contributed by atoms with van der Waals surface area (Å²) in [6, 6.07) is 6.68. The van der Waals surface area contributed by atoms with Crippen LogP contribution >= 0.6 is 0 Å². The smallest absolute Gasteiger partial charge is 0.269 e. The molecule has 0 aliphatic carbocycles. The SMILES string of the molecule is CN(CCN)CCc1ccc([N+](=O)[O-])cc1. The number of benzene rings is 1. The van der Waals surface area contributed by atoms with Crippen LogP contribution in [0.5, 0.6) is 0 Å². The van der Waals surface area contributed by atoms with Gasteiger partial charge in [-0.3, -0.25) is 10.1 Å². The number of hydrogen-bond acceptors (Lipinski definition) is 4. The van der Waals surface area contributed by atoms with E-state index in [4.69, 9.17) is 5.73 Å². The standard InChI is InChI=1S/C11H17N3O2/c1-13(9-7-12)8-6-10-2-4-11(5-3-10)14(15)16/h2-5H,6-9,12H2,1H3. The molecule has 0 saturated carbocycles. The number of likely N-dealkylation sites (N-methyl/N-ethyl adjacent to an activating group) is 1. The third-order valence-electron chi connectivity index (χ3n) is 2.44. The summed E-state index contributed by atoms with van der Waals surface area (Å²) < 4.78 is 0. The molecule has 1 rings (SSSR count). The summed E-state index contributed by atoms with van der Waals surface area (Å²) in [5.74, 6) is 0. The molecule has 0 fully saturated rings. The van der Waals surface area contributed by atoms with Crippen LogP contribution in [0.25, 0.3) is 0 Å². The van der Waals surface area contributed by atoms with Crippen molar-refractivity contribution < 1.29 is 4.92 Å². The first-order valence-corrected chi connectivity index (χ1v) is 5.25. The Balaban J connectivity index is 2.46. The van der Waals surface area contributed by atoms with Crippen molar-refractivity contribution in [2.75, 3.05) is 26.7 Å². The first kappa shape index (κ1) is 12.6.